The molecule has 0 aliphatic carbocycles. The van der Waals surface area contributed by atoms with Crippen molar-refractivity contribution in [1.29, 1.82) is 0 Å². The van der Waals surface area contributed by atoms with Gasteiger partial charge in [-0.3, -0.25) is 4.79 Å². The number of hydrogen-bond acceptors (Lipinski definition) is 3. The minimum atomic E-state index is 0.855. The maximum atomic E-state index is 11.1. The van der Waals surface area contributed by atoms with Gasteiger partial charge in [-0.1, -0.05) is 24.3 Å². The predicted molar refractivity (Wildman–Crippen MR) is 104 cm³/mol. The van der Waals surface area contributed by atoms with Crippen LogP contribution < -0.4 is 9.80 Å². The van der Waals surface area contributed by atoms with Gasteiger partial charge in [0.2, 0.25) is 0 Å². The molecule has 0 saturated carbocycles. The Labute approximate surface area is 145 Å². The molecule has 0 amide bonds. The molecule has 126 valence electrons. The Morgan fingerprint density at radius 2 is 1.29 bits per heavy atom. The Morgan fingerprint density at radius 3 is 1.67 bits per heavy atom. The van der Waals surface area contributed by atoms with Crippen LogP contribution in [0.4, 0.5) is 11.4 Å². The van der Waals surface area contributed by atoms with Gasteiger partial charge in [0.15, 0.2) is 0 Å². The summed E-state index contributed by atoms with van der Waals surface area (Å²) < 4.78 is 0. The molecule has 0 bridgehead atoms. The smallest absolute Gasteiger partial charge is 0.143 e. The summed E-state index contributed by atoms with van der Waals surface area (Å²) in [5.41, 5.74) is 5.39. The van der Waals surface area contributed by atoms with Gasteiger partial charge in [0, 0.05) is 38.6 Å². The van der Waals surface area contributed by atoms with Crippen molar-refractivity contribution in [2.24, 2.45) is 0 Å². The Morgan fingerprint density at radius 1 is 0.833 bits per heavy atom. The van der Waals surface area contributed by atoms with E-state index in [-0.39, 0.29) is 0 Å². The monoisotopic (exact) mass is 322 g/mol. The van der Waals surface area contributed by atoms with E-state index in [1.165, 1.54) is 5.69 Å². The fourth-order valence-electron chi connectivity index (χ4n) is 2.81. The van der Waals surface area contributed by atoms with Crippen LogP contribution in [0.2, 0.25) is 0 Å². The molecule has 24 heavy (non-hydrogen) atoms. The van der Waals surface area contributed by atoms with Crippen molar-refractivity contribution in [2.45, 2.75) is 13.8 Å². The van der Waals surface area contributed by atoms with Gasteiger partial charge in [0.25, 0.3) is 0 Å². The average Bonchev–Trinajstić information content (AvgIpc) is 2.61. The number of hydrogen-bond donors (Lipinski definition) is 0. The minimum Gasteiger partial charge on any atom is -0.378 e. The summed E-state index contributed by atoms with van der Waals surface area (Å²) in [4.78, 5) is 15.5. The second-order valence-electron chi connectivity index (χ2n) is 5.88. The Hall–Kier alpha value is -2.55. The van der Waals surface area contributed by atoms with Crippen LogP contribution in [0.15, 0.2) is 54.6 Å². The van der Waals surface area contributed by atoms with E-state index < -0.39 is 0 Å². The van der Waals surface area contributed by atoms with Crippen molar-refractivity contribution in [2.75, 3.05) is 37.0 Å². The third kappa shape index (κ3) is 4.05. The number of carbonyl (C=O) groups is 1. The summed E-state index contributed by atoms with van der Waals surface area (Å²) in [7, 11) is 4.03. The molecule has 0 heterocycles. The largest absolute Gasteiger partial charge is 0.378 e. The molecule has 3 nitrogen and oxygen atoms in total. The molecule has 3 heteroatoms. The Bertz CT molecular complexity index is 681. The molecule has 0 aliphatic rings. The van der Waals surface area contributed by atoms with Crippen LogP contribution in [0.25, 0.3) is 5.57 Å². The molecular formula is C21H26N2O. The molecule has 0 aromatic heterocycles. The summed E-state index contributed by atoms with van der Waals surface area (Å²) in [6.07, 6.45) is 2.49. The molecule has 0 spiro atoms. The first-order chi connectivity index (χ1) is 11.6. The molecule has 0 atom stereocenters. The van der Waals surface area contributed by atoms with Gasteiger partial charge >= 0.3 is 0 Å². The van der Waals surface area contributed by atoms with E-state index in [2.05, 4.69) is 72.2 Å². The number of aldehydes is 1. The lowest BCUT2D eigenvalue weighted by Crippen LogP contribution is -2.21. The van der Waals surface area contributed by atoms with E-state index in [9.17, 15) is 4.79 Å². The zero-order valence-electron chi connectivity index (χ0n) is 15.0. The van der Waals surface area contributed by atoms with Crippen LogP contribution >= 0.6 is 0 Å². The van der Waals surface area contributed by atoms with Crippen LogP contribution in [0, 0.1) is 0 Å². The fourth-order valence-corrected chi connectivity index (χ4v) is 2.81. The van der Waals surface area contributed by atoms with Crippen molar-refractivity contribution >= 4 is 23.2 Å². The van der Waals surface area contributed by atoms with Gasteiger partial charge in [-0.15, -0.1) is 0 Å². The highest BCUT2D eigenvalue weighted by Crippen LogP contribution is 2.27. The minimum absolute atomic E-state index is 0.855. The maximum absolute atomic E-state index is 11.1. The normalized spacial score (nSPS) is 11.2. The van der Waals surface area contributed by atoms with Gasteiger partial charge in [-0.25, -0.2) is 0 Å². The van der Waals surface area contributed by atoms with Crippen molar-refractivity contribution in [3.8, 4) is 0 Å². The van der Waals surface area contributed by atoms with Gasteiger partial charge < -0.3 is 9.80 Å². The van der Waals surface area contributed by atoms with Crippen LogP contribution in [-0.4, -0.2) is 33.5 Å². The molecule has 0 fully saturated rings. The number of rotatable bonds is 7. The van der Waals surface area contributed by atoms with E-state index >= 15 is 0 Å². The zero-order chi connectivity index (χ0) is 17.5. The van der Waals surface area contributed by atoms with E-state index in [0.717, 1.165) is 41.8 Å². The van der Waals surface area contributed by atoms with Crippen LogP contribution in [0.3, 0.4) is 0 Å². The first-order valence-electron chi connectivity index (χ1n) is 8.39. The van der Waals surface area contributed by atoms with E-state index in [1.54, 1.807) is 6.08 Å². The molecule has 0 radical (unpaired) electrons. The third-order valence-electron chi connectivity index (χ3n) is 4.24. The lowest BCUT2D eigenvalue weighted by molar-refractivity contribution is -0.104. The van der Waals surface area contributed by atoms with Crippen LogP contribution in [0.1, 0.15) is 25.0 Å². The zero-order valence-corrected chi connectivity index (χ0v) is 15.0. The summed E-state index contributed by atoms with van der Waals surface area (Å²) in [6.45, 7) is 6.28. The first kappa shape index (κ1) is 17.8. The first-order valence-corrected chi connectivity index (χ1v) is 8.39. The predicted octanol–water partition coefficient (Wildman–Crippen LogP) is 4.23. The number of carbonyl (C=O) groups excluding carboxylic acids is 1. The van der Waals surface area contributed by atoms with Gasteiger partial charge in [0.05, 0.1) is 0 Å². The summed E-state index contributed by atoms with van der Waals surface area (Å²) in [6, 6.07) is 16.7. The molecule has 0 saturated heterocycles. The van der Waals surface area contributed by atoms with E-state index in [1.807, 2.05) is 14.1 Å². The van der Waals surface area contributed by atoms with Crippen LogP contribution in [0.5, 0.6) is 0 Å². The SMILES string of the molecule is CCN(CC)c1ccc(C(=CC=O)c2ccc(N(C)C)cc2)cc1. The average molecular weight is 322 g/mol. The maximum Gasteiger partial charge on any atom is 0.143 e. The van der Waals surface area contributed by atoms with E-state index in [4.69, 9.17) is 0 Å². The highest BCUT2D eigenvalue weighted by atomic mass is 16.1. The number of benzene rings is 2. The van der Waals surface area contributed by atoms with Gasteiger partial charge in [0.1, 0.15) is 6.29 Å². The Kier molecular flexibility index (Phi) is 6.19. The highest BCUT2D eigenvalue weighted by Gasteiger charge is 2.07. The molecule has 2 rings (SSSR count). The number of anilines is 2. The number of nitrogens with zero attached hydrogens (tertiary/aromatic N) is 2. The summed E-state index contributed by atoms with van der Waals surface area (Å²) >= 11 is 0. The molecule has 0 unspecified atom stereocenters. The second-order valence-corrected chi connectivity index (χ2v) is 5.88. The van der Waals surface area contributed by atoms with Crippen molar-refractivity contribution < 1.29 is 4.79 Å². The van der Waals surface area contributed by atoms with Gasteiger partial charge in [-0.05, 0) is 60.9 Å². The lowest BCUT2D eigenvalue weighted by Gasteiger charge is -2.21. The third-order valence-corrected chi connectivity index (χ3v) is 4.24. The summed E-state index contributed by atoms with van der Waals surface area (Å²) in [5, 5.41) is 0. The van der Waals surface area contributed by atoms with Crippen molar-refractivity contribution in [1.82, 2.24) is 0 Å². The highest BCUT2D eigenvalue weighted by molar-refractivity contribution is 5.90. The van der Waals surface area contributed by atoms with Crippen molar-refractivity contribution in [3.05, 3.63) is 65.7 Å². The van der Waals surface area contributed by atoms with Crippen molar-refractivity contribution in [3.63, 3.8) is 0 Å². The molecule has 2 aromatic carbocycles. The number of allylic oxidation sites excluding steroid dienone is 1. The molecule has 0 N–H and O–H groups in total. The van der Waals surface area contributed by atoms with Gasteiger partial charge in [-0.2, -0.15) is 0 Å². The quantitative estimate of drug-likeness (QED) is 0.563. The molecule has 0 aliphatic heterocycles. The van der Waals surface area contributed by atoms with Crippen LogP contribution in [-0.2, 0) is 4.79 Å². The second kappa shape index (κ2) is 8.34. The Balaban J connectivity index is 2.34. The topological polar surface area (TPSA) is 23.6 Å². The fraction of sp³-hybridized carbons (Fsp3) is 0.286. The molecular weight excluding hydrogens is 296 g/mol. The lowest BCUT2D eigenvalue weighted by atomic mass is 9.97. The van der Waals surface area contributed by atoms with E-state index in [0.29, 0.717) is 0 Å². The molecule has 2 aromatic rings. The standard InChI is InChI=1S/C21H26N2O/c1-5-23(6-2)20-13-9-18(10-14-20)21(15-16-24)17-7-11-19(12-8-17)22(3)4/h7-16H,5-6H2,1-4H3. The summed E-state index contributed by atoms with van der Waals surface area (Å²) in [5.74, 6) is 0.